The minimum atomic E-state index is -0.693. The third kappa shape index (κ3) is 4.82. The molecule has 0 unspecified atom stereocenters. The maximum absolute atomic E-state index is 12.5. The molecule has 7 nitrogen and oxygen atoms in total. The summed E-state index contributed by atoms with van der Waals surface area (Å²) in [6.45, 7) is 5.60. The van der Waals surface area contributed by atoms with E-state index >= 15 is 0 Å². The highest BCUT2D eigenvalue weighted by Gasteiger charge is 2.38. The number of anilines is 1. The molecule has 1 aliphatic rings. The number of likely N-dealkylation sites (N-methyl/N-ethyl adjacent to an activating group) is 1. The van der Waals surface area contributed by atoms with Crippen molar-refractivity contribution in [1.29, 1.82) is 0 Å². The van der Waals surface area contributed by atoms with E-state index < -0.39 is 18.5 Å². The van der Waals surface area contributed by atoms with Crippen LogP contribution in [0.4, 0.5) is 5.69 Å². The summed E-state index contributed by atoms with van der Waals surface area (Å²) in [5.41, 5.74) is 3.00. The number of amides is 1. The lowest BCUT2D eigenvalue weighted by molar-refractivity contribution is -0.145. The van der Waals surface area contributed by atoms with E-state index in [1.807, 2.05) is 43.1 Å². The summed E-state index contributed by atoms with van der Waals surface area (Å²) < 4.78 is 10.5. The van der Waals surface area contributed by atoms with Gasteiger partial charge in [0.2, 0.25) is 0 Å². The fourth-order valence-electron chi connectivity index (χ4n) is 3.84. The Balaban J connectivity index is 1.55. The van der Waals surface area contributed by atoms with Crippen LogP contribution in [0.15, 0.2) is 60.3 Å². The number of ketones is 1. The minimum Gasteiger partial charge on any atom is -0.493 e. The van der Waals surface area contributed by atoms with Gasteiger partial charge in [-0.25, -0.2) is 0 Å². The topological polar surface area (TPSA) is 84.9 Å². The number of ether oxygens (including phenoxy) is 2. The third-order valence-corrected chi connectivity index (χ3v) is 5.44. The Hall–Kier alpha value is -3.61. The van der Waals surface area contributed by atoms with Crippen LogP contribution in [-0.4, -0.2) is 44.5 Å². The normalized spacial score (nSPS) is 15.2. The second kappa shape index (κ2) is 9.68. The maximum atomic E-state index is 12.5. The maximum Gasteiger partial charge on any atom is 0.325 e. The van der Waals surface area contributed by atoms with E-state index in [9.17, 15) is 14.4 Å². The van der Waals surface area contributed by atoms with Crippen LogP contribution in [0, 0.1) is 0 Å². The van der Waals surface area contributed by atoms with Crippen LogP contribution in [0.5, 0.6) is 5.75 Å². The number of allylic oxidation sites excluding steroid dienone is 1. The molecule has 0 radical (unpaired) electrons. The van der Waals surface area contributed by atoms with Gasteiger partial charge in [-0.3, -0.25) is 14.4 Å². The van der Waals surface area contributed by atoms with Crippen LogP contribution in [0.3, 0.4) is 0 Å². The summed E-state index contributed by atoms with van der Waals surface area (Å²) in [6, 6.07) is 14.8. The van der Waals surface area contributed by atoms with Gasteiger partial charge in [-0.1, -0.05) is 44.2 Å². The number of carbonyl (C=O) groups excluding carboxylic acids is 3. The molecule has 32 heavy (non-hydrogen) atoms. The van der Waals surface area contributed by atoms with Crippen LogP contribution >= 0.6 is 0 Å². The van der Waals surface area contributed by atoms with Crippen molar-refractivity contribution in [3.63, 3.8) is 0 Å². The first-order valence-electron chi connectivity index (χ1n) is 10.5. The zero-order valence-electron chi connectivity index (χ0n) is 18.8. The number of hydrogen-bond acceptors (Lipinski definition) is 6. The molecule has 0 aromatic heterocycles. The number of fused-ring (bicyclic) bond motifs is 1. The van der Waals surface area contributed by atoms with Crippen LogP contribution in [0.2, 0.25) is 0 Å². The summed E-state index contributed by atoms with van der Waals surface area (Å²) >= 11 is 0. The lowest BCUT2D eigenvalue weighted by Crippen LogP contribution is -2.32. The van der Waals surface area contributed by atoms with Crippen molar-refractivity contribution >= 4 is 23.3 Å². The van der Waals surface area contributed by atoms with E-state index in [-0.39, 0.29) is 17.7 Å². The van der Waals surface area contributed by atoms with E-state index in [0.717, 1.165) is 16.9 Å². The third-order valence-electron chi connectivity index (χ3n) is 5.44. The van der Waals surface area contributed by atoms with Crippen LogP contribution in [-0.2, 0) is 19.7 Å². The molecule has 7 heteroatoms. The van der Waals surface area contributed by atoms with Gasteiger partial charge in [-0.05, 0) is 30.7 Å². The summed E-state index contributed by atoms with van der Waals surface area (Å²) in [6.07, 6.45) is 1.52. The van der Waals surface area contributed by atoms with Crippen molar-refractivity contribution in [2.45, 2.75) is 26.2 Å². The number of hydrogen-bond donors (Lipinski definition) is 1. The molecule has 2 aromatic rings. The first-order chi connectivity index (χ1) is 15.3. The van der Waals surface area contributed by atoms with Gasteiger partial charge < -0.3 is 19.7 Å². The van der Waals surface area contributed by atoms with Gasteiger partial charge in [-0.2, -0.15) is 0 Å². The molecule has 168 valence electrons. The van der Waals surface area contributed by atoms with Crippen LogP contribution < -0.4 is 15.0 Å². The highest BCUT2D eigenvalue weighted by atomic mass is 16.5. The fourth-order valence-corrected chi connectivity index (χ4v) is 3.84. The second-order valence-electron chi connectivity index (χ2n) is 7.97. The lowest BCUT2D eigenvalue weighted by atomic mass is 9.83. The monoisotopic (exact) mass is 436 g/mol. The smallest absolute Gasteiger partial charge is 0.325 e. The number of para-hydroxylation sites is 2. The number of benzene rings is 2. The van der Waals surface area contributed by atoms with Gasteiger partial charge in [0.1, 0.15) is 12.3 Å². The minimum absolute atomic E-state index is 0.325. The Kier molecular flexibility index (Phi) is 6.98. The summed E-state index contributed by atoms with van der Waals surface area (Å²) in [7, 11) is 1.91. The van der Waals surface area contributed by atoms with Gasteiger partial charge in [-0.15, -0.1) is 0 Å². The summed E-state index contributed by atoms with van der Waals surface area (Å²) in [4.78, 5) is 38.9. The average Bonchev–Trinajstić information content (AvgIpc) is 2.97. The Morgan fingerprint density at radius 2 is 1.75 bits per heavy atom. The van der Waals surface area contributed by atoms with Gasteiger partial charge in [0.05, 0.1) is 12.2 Å². The van der Waals surface area contributed by atoms with Crippen molar-refractivity contribution in [2.75, 3.05) is 31.7 Å². The van der Waals surface area contributed by atoms with Crippen molar-refractivity contribution < 1.29 is 23.9 Å². The average molecular weight is 437 g/mol. The predicted molar refractivity (Wildman–Crippen MR) is 122 cm³/mol. The summed E-state index contributed by atoms with van der Waals surface area (Å²) in [5.74, 6) is -1.03. The molecular formula is C25H28N2O5. The molecule has 0 saturated heterocycles. The van der Waals surface area contributed by atoms with Crippen LogP contribution in [0.1, 0.15) is 36.7 Å². The fraction of sp³-hybridized carbons (Fsp3) is 0.320. The van der Waals surface area contributed by atoms with Crippen molar-refractivity contribution in [1.82, 2.24) is 5.32 Å². The van der Waals surface area contributed by atoms with Crippen molar-refractivity contribution in [3.05, 3.63) is 71.4 Å². The Bertz CT molecular complexity index is 1060. The van der Waals surface area contributed by atoms with E-state index in [4.69, 9.17) is 9.47 Å². The molecule has 0 saturated carbocycles. The van der Waals surface area contributed by atoms with Crippen molar-refractivity contribution in [2.24, 2.45) is 0 Å². The standard InChI is InChI=1S/C25H28N2O5/c1-5-31-21-13-9-6-10-18(21)24(30)26-15-23(29)32-16-17(28)14-22-25(2,3)19-11-7-8-12-20(19)27(22)4/h6-14H,5,15-16H2,1-4H3,(H,26,30)/b22-14+. The molecule has 3 rings (SSSR count). The van der Waals surface area contributed by atoms with Crippen LogP contribution in [0.25, 0.3) is 0 Å². The molecule has 0 fully saturated rings. The number of rotatable bonds is 8. The largest absolute Gasteiger partial charge is 0.493 e. The number of nitrogens with zero attached hydrogens (tertiary/aromatic N) is 1. The molecule has 1 aliphatic heterocycles. The lowest BCUT2D eigenvalue weighted by Gasteiger charge is -2.23. The molecule has 1 N–H and O–H groups in total. The Morgan fingerprint density at radius 1 is 1.06 bits per heavy atom. The van der Waals surface area contributed by atoms with E-state index in [0.29, 0.717) is 17.9 Å². The quantitative estimate of drug-likeness (QED) is 0.505. The second-order valence-corrected chi connectivity index (χ2v) is 7.97. The van der Waals surface area contributed by atoms with Gasteiger partial charge in [0.25, 0.3) is 5.91 Å². The van der Waals surface area contributed by atoms with Gasteiger partial charge in [0.15, 0.2) is 12.4 Å². The zero-order chi connectivity index (χ0) is 23.3. The van der Waals surface area contributed by atoms with Crippen molar-refractivity contribution in [3.8, 4) is 5.75 Å². The van der Waals surface area contributed by atoms with Gasteiger partial charge >= 0.3 is 5.97 Å². The Labute approximate surface area is 188 Å². The van der Waals surface area contributed by atoms with Gasteiger partial charge in [0, 0.05) is 29.9 Å². The molecule has 0 atom stereocenters. The predicted octanol–water partition coefficient (Wildman–Crippen LogP) is 3.24. The molecule has 1 amide bonds. The number of carbonyl (C=O) groups is 3. The molecule has 0 bridgehead atoms. The SMILES string of the molecule is CCOc1ccccc1C(=O)NCC(=O)OCC(=O)/C=C1/N(C)c2ccccc2C1(C)C. The molecule has 0 spiro atoms. The molecular weight excluding hydrogens is 408 g/mol. The number of nitrogens with one attached hydrogen (secondary N) is 1. The van der Waals surface area contributed by atoms with E-state index in [2.05, 4.69) is 19.2 Å². The highest BCUT2D eigenvalue weighted by Crippen LogP contribution is 2.46. The molecule has 0 aliphatic carbocycles. The Morgan fingerprint density at radius 3 is 2.47 bits per heavy atom. The van der Waals surface area contributed by atoms with E-state index in [1.165, 1.54) is 6.08 Å². The summed E-state index contributed by atoms with van der Waals surface area (Å²) in [5, 5.41) is 2.50. The first-order valence-corrected chi connectivity index (χ1v) is 10.5. The number of esters is 1. The zero-order valence-corrected chi connectivity index (χ0v) is 18.8. The molecule has 2 aromatic carbocycles. The highest BCUT2D eigenvalue weighted by molar-refractivity contribution is 5.99. The molecule has 1 heterocycles. The first kappa shape index (κ1) is 23.1. The van der Waals surface area contributed by atoms with E-state index in [1.54, 1.807) is 24.3 Å².